The zero-order chi connectivity index (χ0) is 9.84. The summed E-state index contributed by atoms with van der Waals surface area (Å²) in [5.41, 5.74) is 2.72. The van der Waals surface area contributed by atoms with Gasteiger partial charge in [-0.05, 0) is 12.5 Å². The number of rotatable bonds is 2. The largest absolute Gasteiger partial charge is 0.286 e. The lowest BCUT2D eigenvalue weighted by Crippen LogP contribution is -2.33. The highest BCUT2D eigenvalue weighted by Gasteiger charge is 1.99. The number of hydrogen-bond acceptors (Lipinski definition) is 3. The normalized spacial score (nSPS) is 9.69. The molecule has 1 rings (SSSR count). The number of carbonyl (C=O) groups excluding carboxylic acids is 1. The van der Waals surface area contributed by atoms with Gasteiger partial charge in [0.05, 0.1) is 5.69 Å². The van der Waals surface area contributed by atoms with E-state index in [1.807, 2.05) is 6.92 Å². The lowest BCUT2D eigenvalue weighted by atomic mass is 10.3. The molecule has 1 N–H and O–H groups in total. The standard InChI is InChI=1S/C8H11N3O2/c1-3-7-4-5-8(13)11(10-7)9-6(2)12/h4-5H,3H2,1-2H3,(H,9,12). The monoisotopic (exact) mass is 181 g/mol. The molecule has 13 heavy (non-hydrogen) atoms. The summed E-state index contributed by atoms with van der Waals surface area (Å²) in [4.78, 5) is 22.7. The minimum absolute atomic E-state index is 0.317. The van der Waals surface area contributed by atoms with Crippen LogP contribution in [0, 0.1) is 0 Å². The number of nitrogens with zero attached hydrogens (tertiary/aromatic N) is 2. The quantitative estimate of drug-likeness (QED) is 0.692. The van der Waals surface area contributed by atoms with Gasteiger partial charge >= 0.3 is 0 Å². The summed E-state index contributed by atoms with van der Waals surface area (Å²) in [5, 5.41) is 3.90. The molecule has 0 unspecified atom stereocenters. The SMILES string of the molecule is CCc1ccc(=O)n(NC(C)=O)n1. The number of carbonyl (C=O) groups is 1. The molecule has 0 bridgehead atoms. The second kappa shape index (κ2) is 3.84. The van der Waals surface area contributed by atoms with Crippen LogP contribution >= 0.6 is 0 Å². The van der Waals surface area contributed by atoms with Crippen molar-refractivity contribution in [1.29, 1.82) is 0 Å². The first-order valence-electron chi connectivity index (χ1n) is 4.00. The minimum atomic E-state index is -0.340. The Hall–Kier alpha value is -1.65. The van der Waals surface area contributed by atoms with Crippen molar-refractivity contribution in [2.75, 3.05) is 5.43 Å². The van der Waals surface area contributed by atoms with Gasteiger partial charge in [0.15, 0.2) is 0 Å². The first-order chi connectivity index (χ1) is 6.13. The maximum absolute atomic E-state index is 11.1. The van der Waals surface area contributed by atoms with E-state index in [4.69, 9.17) is 0 Å². The maximum Gasteiger partial charge on any atom is 0.286 e. The minimum Gasteiger partial charge on any atom is -0.274 e. The van der Waals surface area contributed by atoms with Crippen molar-refractivity contribution < 1.29 is 4.79 Å². The first kappa shape index (κ1) is 9.44. The average Bonchev–Trinajstić information content (AvgIpc) is 2.08. The third-order valence-corrected chi connectivity index (χ3v) is 1.48. The van der Waals surface area contributed by atoms with Crippen LogP contribution in [0.4, 0.5) is 0 Å². The lowest BCUT2D eigenvalue weighted by Gasteiger charge is -2.04. The van der Waals surface area contributed by atoms with Gasteiger partial charge in [-0.25, -0.2) is 5.43 Å². The van der Waals surface area contributed by atoms with Gasteiger partial charge in [-0.3, -0.25) is 9.59 Å². The van der Waals surface area contributed by atoms with E-state index in [1.165, 1.54) is 13.0 Å². The van der Waals surface area contributed by atoms with Crippen molar-refractivity contribution in [2.45, 2.75) is 20.3 Å². The van der Waals surface area contributed by atoms with E-state index in [0.717, 1.165) is 16.9 Å². The summed E-state index contributed by atoms with van der Waals surface area (Å²) in [5.74, 6) is -0.317. The van der Waals surface area contributed by atoms with Crippen LogP contribution < -0.4 is 11.0 Å². The van der Waals surface area contributed by atoms with Crippen LogP contribution in [-0.4, -0.2) is 15.8 Å². The summed E-state index contributed by atoms with van der Waals surface area (Å²) < 4.78 is 0. The molecule has 0 fully saturated rings. The zero-order valence-corrected chi connectivity index (χ0v) is 7.57. The predicted octanol–water partition coefficient (Wildman–Crippen LogP) is -0.104. The molecule has 0 atom stereocenters. The van der Waals surface area contributed by atoms with Gasteiger partial charge in [-0.15, -0.1) is 4.79 Å². The van der Waals surface area contributed by atoms with E-state index >= 15 is 0 Å². The highest BCUT2D eigenvalue weighted by atomic mass is 16.2. The molecule has 1 aromatic rings. The molecule has 0 aliphatic rings. The van der Waals surface area contributed by atoms with Crippen LogP contribution in [0.5, 0.6) is 0 Å². The van der Waals surface area contributed by atoms with Crippen LogP contribution in [0.25, 0.3) is 0 Å². The van der Waals surface area contributed by atoms with Crippen LogP contribution in [0.1, 0.15) is 19.5 Å². The number of aryl methyl sites for hydroxylation is 1. The molecular weight excluding hydrogens is 170 g/mol. The van der Waals surface area contributed by atoms with Crippen molar-refractivity contribution in [3.8, 4) is 0 Å². The summed E-state index contributed by atoms with van der Waals surface area (Å²) >= 11 is 0. The second-order valence-electron chi connectivity index (χ2n) is 2.60. The number of nitrogens with one attached hydrogen (secondary N) is 1. The Kier molecular flexibility index (Phi) is 2.79. The molecule has 5 heteroatoms. The molecule has 0 spiro atoms. The third kappa shape index (κ3) is 2.40. The van der Waals surface area contributed by atoms with Crippen molar-refractivity contribution in [3.63, 3.8) is 0 Å². The Morgan fingerprint density at radius 3 is 2.85 bits per heavy atom. The van der Waals surface area contributed by atoms with Gasteiger partial charge in [-0.2, -0.15) is 5.10 Å². The maximum atomic E-state index is 11.1. The lowest BCUT2D eigenvalue weighted by molar-refractivity contribution is -0.115. The molecule has 0 aromatic carbocycles. The van der Waals surface area contributed by atoms with Gasteiger partial charge in [0.2, 0.25) is 5.91 Å². The molecule has 0 aliphatic heterocycles. The number of hydrogen-bond donors (Lipinski definition) is 1. The van der Waals surface area contributed by atoms with E-state index in [9.17, 15) is 9.59 Å². The molecule has 0 saturated heterocycles. The molecule has 70 valence electrons. The Labute approximate surface area is 75.4 Å². The topological polar surface area (TPSA) is 64.0 Å². The first-order valence-corrected chi connectivity index (χ1v) is 4.00. The highest BCUT2D eigenvalue weighted by molar-refractivity contribution is 5.80. The molecule has 5 nitrogen and oxygen atoms in total. The number of aromatic nitrogens is 2. The highest BCUT2D eigenvalue weighted by Crippen LogP contribution is 1.89. The molecule has 0 aliphatic carbocycles. The van der Waals surface area contributed by atoms with E-state index in [2.05, 4.69) is 10.5 Å². The van der Waals surface area contributed by atoms with Crippen molar-refractivity contribution in [3.05, 3.63) is 28.2 Å². The second-order valence-corrected chi connectivity index (χ2v) is 2.60. The van der Waals surface area contributed by atoms with Crippen molar-refractivity contribution in [1.82, 2.24) is 9.89 Å². The Balaban J connectivity index is 3.04. The fraction of sp³-hybridized carbons (Fsp3) is 0.375. The van der Waals surface area contributed by atoms with Crippen molar-refractivity contribution >= 4 is 5.91 Å². The smallest absolute Gasteiger partial charge is 0.274 e. The number of amides is 1. The van der Waals surface area contributed by atoms with E-state index < -0.39 is 0 Å². The van der Waals surface area contributed by atoms with E-state index in [-0.39, 0.29) is 11.5 Å². The summed E-state index contributed by atoms with van der Waals surface area (Å²) in [7, 11) is 0. The zero-order valence-electron chi connectivity index (χ0n) is 7.57. The molecule has 1 amide bonds. The van der Waals surface area contributed by atoms with Crippen LogP contribution in [0.3, 0.4) is 0 Å². The van der Waals surface area contributed by atoms with Gasteiger partial charge in [0, 0.05) is 13.0 Å². The predicted molar refractivity (Wildman–Crippen MR) is 47.9 cm³/mol. The van der Waals surface area contributed by atoms with Crippen LogP contribution in [0.15, 0.2) is 16.9 Å². The molecule has 1 heterocycles. The summed E-state index contributed by atoms with van der Waals surface area (Å²) in [6, 6.07) is 3.02. The van der Waals surface area contributed by atoms with Crippen LogP contribution in [-0.2, 0) is 11.2 Å². The third-order valence-electron chi connectivity index (χ3n) is 1.48. The molecular formula is C8H11N3O2. The van der Waals surface area contributed by atoms with Gasteiger partial charge in [-0.1, -0.05) is 6.92 Å². The Morgan fingerprint density at radius 1 is 1.62 bits per heavy atom. The molecule has 1 aromatic heterocycles. The fourth-order valence-electron chi connectivity index (χ4n) is 0.867. The molecule has 0 saturated carbocycles. The fourth-order valence-corrected chi connectivity index (χ4v) is 0.867. The van der Waals surface area contributed by atoms with Gasteiger partial charge in [0.1, 0.15) is 0 Å². The molecule has 0 radical (unpaired) electrons. The average molecular weight is 181 g/mol. The summed E-state index contributed by atoms with van der Waals surface area (Å²) in [6.45, 7) is 3.25. The Morgan fingerprint density at radius 2 is 2.31 bits per heavy atom. The van der Waals surface area contributed by atoms with Gasteiger partial charge < -0.3 is 0 Å². The van der Waals surface area contributed by atoms with Crippen LogP contribution in [0.2, 0.25) is 0 Å². The van der Waals surface area contributed by atoms with Gasteiger partial charge in [0.25, 0.3) is 5.56 Å². The summed E-state index contributed by atoms with van der Waals surface area (Å²) in [6.07, 6.45) is 0.722. The Bertz CT molecular complexity index is 370. The van der Waals surface area contributed by atoms with E-state index in [1.54, 1.807) is 6.07 Å². The van der Waals surface area contributed by atoms with E-state index in [0.29, 0.717) is 0 Å². The van der Waals surface area contributed by atoms with Crippen molar-refractivity contribution in [2.24, 2.45) is 0 Å².